The molecule has 0 bridgehead atoms. The van der Waals surface area contributed by atoms with E-state index in [4.69, 9.17) is 0 Å². The molecule has 1 heterocycles. The molecule has 6 nitrogen and oxygen atoms in total. The fourth-order valence-corrected chi connectivity index (χ4v) is 2.77. The van der Waals surface area contributed by atoms with Crippen LogP contribution in [0.1, 0.15) is 11.1 Å². The van der Waals surface area contributed by atoms with Gasteiger partial charge in [0.25, 0.3) is 0 Å². The summed E-state index contributed by atoms with van der Waals surface area (Å²) in [6.07, 6.45) is 1.47. The second kappa shape index (κ2) is 7.65. The van der Waals surface area contributed by atoms with E-state index in [2.05, 4.69) is 6.58 Å². The number of allylic oxidation sites excluding steroid dienone is 1. The van der Waals surface area contributed by atoms with E-state index in [9.17, 15) is 14.4 Å². The molecule has 0 aliphatic carbocycles. The lowest BCUT2D eigenvalue weighted by molar-refractivity contribution is 0.495. The number of nitrogens with zero attached hydrogens (tertiary/aromatic N) is 3. The Bertz CT molecular complexity index is 998. The van der Waals surface area contributed by atoms with Crippen LogP contribution in [0.5, 0.6) is 0 Å². The number of hydrogen-bond donors (Lipinski definition) is 0. The van der Waals surface area contributed by atoms with Gasteiger partial charge in [-0.15, -0.1) is 6.58 Å². The average molecular weight is 349 g/mol. The molecule has 0 atom stereocenters. The Labute approximate surface area is 149 Å². The lowest BCUT2D eigenvalue weighted by Crippen LogP contribution is -2.54. The lowest BCUT2D eigenvalue weighted by atomic mass is 10.2. The summed E-state index contributed by atoms with van der Waals surface area (Å²) >= 11 is 0. The first-order valence-electron chi connectivity index (χ1n) is 8.25. The van der Waals surface area contributed by atoms with Gasteiger partial charge in [0.15, 0.2) is 0 Å². The van der Waals surface area contributed by atoms with Gasteiger partial charge in [-0.25, -0.2) is 28.1 Å². The molecular formula is C20H19N3O3. The molecule has 0 aliphatic heterocycles. The second-order valence-corrected chi connectivity index (χ2v) is 5.89. The van der Waals surface area contributed by atoms with Crippen molar-refractivity contribution in [3.05, 3.63) is 116 Å². The third-order valence-corrected chi connectivity index (χ3v) is 4.06. The van der Waals surface area contributed by atoms with Gasteiger partial charge in [0.1, 0.15) is 0 Å². The fraction of sp³-hybridized carbons (Fsp3) is 0.150. The van der Waals surface area contributed by atoms with Crippen LogP contribution in [0.25, 0.3) is 0 Å². The van der Waals surface area contributed by atoms with E-state index in [-0.39, 0.29) is 19.6 Å². The highest BCUT2D eigenvalue weighted by atomic mass is 16.2. The predicted octanol–water partition coefficient (Wildman–Crippen LogP) is 1.45. The SMILES string of the molecule is C=CCn1c(=O)n(Cc2ccccc2)c(=O)n(Cc2ccccc2)c1=O. The Morgan fingerprint density at radius 1 is 0.654 bits per heavy atom. The van der Waals surface area contributed by atoms with Crippen LogP contribution >= 0.6 is 0 Å². The van der Waals surface area contributed by atoms with Gasteiger partial charge in [0.2, 0.25) is 0 Å². The van der Waals surface area contributed by atoms with E-state index in [0.717, 1.165) is 24.8 Å². The summed E-state index contributed by atoms with van der Waals surface area (Å²) in [4.78, 5) is 38.2. The van der Waals surface area contributed by atoms with Crippen LogP contribution in [0, 0.1) is 0 Å². The highest BCUT2D eigenvalue weighted by Gasteiger charge is 2.15. The molecule has 0 amide bonds. The summed E-state index contributed by atoms with van der Waals surface area (Å²) in [7, 11) is 0. The first kappa shape index (κ1) is 17.4. The molecule has 6 heteroatoms. The zero-order valence-corrected chi connectivity index (χ0v) is 14.2. The molecule has 0 fully saturated rings. The summed E-state index contributed by atoms with van der Waals surface area (Å²) in [5.41, 5.74) is -0.266. The minimum absolute atomic E-state index is 0.0432. The minimum Gasteiger partial charge on any atom is -0.247 e. The number of hydrogen-bond acceptors (Lipinski definition) is 3. The van der Waals surface area contributed by atoms with Crippen LogP contribution in [0.15, 0.2) is 87.7 Å². The molecular weight excluding hydrogens is 330 g/mol. The molecule has 0 unspecified atom stereocenters. The fourth-order valence-electron chi connectivity index (χ4n) is 2.77. The molecule has 3 aromatic rings. The third kappa shape index (κ3) is 3.49. The largest absolute Gasteiger partial charge is 0.336 e. The molecule has 3 rings (SSSR count). The van der Waals surface area contributed by atoms with E-state index in [1.54, 1.807) is 0 Å². The van der Waals surface area contributed by atoms with Crippen molar-refractivity contribution in [3.8, 4) is 0 Å². The Morgan fingerprint density at radius 3 is 1.42 bits per heavy atom. The van der Waals surface area contributed by atoms with Crippen LogP contribution in [0.4, 0.5) is 0 Å². The van der Waals surface area contributed by atoms with Gasteiger partial charge in [-0.05, 0) is 11.1 Å². The maximum atomic E-state index is 12.9. The van der Waals surface area contributed by atoms with Gasteiger partial charge >= 0.3 is 17.1 Å². The summed E-state index contributed by atoms with van der Waals surface area (Å²) in [6, 6.07) is 18.4. The van der Waals surface area contributed by atoms with Crippen molar-refractivity contribution in [2.75, 3.05) is 0 Å². The predicted molar refractivity (Wildman–Crippen MR) is 101 cm³/mol. The monoisotopic (exact) mass is 349 g/mol. The van der Waals surface area contributed by atoms with E-state index >= 15 is 0 Å². The van der Waals surface area contributed by atoms with Crippen LogP contribution in [0.3, 0.4) is 0 Å². The van der Waals surface area contributed by atoms with Crippen LogP contribution in [-0.2, 0) is 19.6 Å². The summed E-state index contributed by atoms with van der Waals surface area (Å²) in [6.45, 7) is 3.84. The Hall–Kier alpha value is -3.41. The van der Waals surface area contributed by atoms with Crippen molar-refractivity contribution < 1.29 is 0 Å². The van der Waals surface area contributed by atoms with Crippen LogP contribution in [0.2, 0.25) is 0 Å². The quantitative estimate of drug-likeness (QED) is 0.633. The molecule has 0 N–H and O–H groups in total. The number of aromatic nitrogens is 3. The lowest BCUT2D eigenvalue weighted by Gasteiger charge is -2.13. The molecule has 0 spiro atoms. The van der Waals surface area contributed by atoms with E-state index in [1.807, 2.05) is 60.7 Å². The smallest absolute Gasteiger partial charge is 0.247 e. The third-order valence-electron chi connectivity index (χ3n) is 4.06. The molecule has 0 radical (unpaired) electrons. The maximum absolute atomic E-state index is 12.9. The topological polar surface area (TPSA) is 66.0 Å². The van der Waals surface area contributed by atoms with Gasteiger partial charge in [-0.3, -0.25) is 0 Å². The van der Waals surface area contributed by atoms with E-state index in [0.29, 0.717) is 0 Å². The van der Waals surface area contributed by atoms with Crippen LogP contribution in [-0.4, -0.2) is 13.7 Å². The second-order valence-electron chi connectivity index (χ2n) is 5.89. The minimum atomic E-state index is -0.631. The van der Waals surface area contributed by atoms with E-state index in [1.165, 1.54) is 6.08 Å². The average Bonchev–Trinajstić information content (AvgIpc) is 2.67. The zero-order chi connectivity index (χ0) is 18.5. The van der Waals surface area contributed by atoms with Crippen molar-refractivity contribution >= 4 is 0 Å². The summed E-state index contributed by atoms with van der Waals surface area (Å²) in [5.74, 6) is 0. The Morgan fingerprint density at radius 2 is 1.04 bits per heavy atom. The molecule has 26 heavy (non-hydrogen) atoms. The van der Waals surface area contributed by atoms with Gasteiger partial charge in [0.05, 0.1) is 19.6 Å². The molecule has 0 saturated carbocycles. The number of benzene rings is 2. The molecule has 2 aromatic carbocycles. The van der Waals surface area contributed by atoms with Crippen molar-refractivity contribution in [1.29, 1.82) is 0 Å². The maximum Gasteiger partial charge on any atom is 0.336 e. The van der Waals surface area contributed by atoms with Gasteiger partial charge in [-0.2, -0.15) is 0 Å². The van der Waals surface area contributed by atoms with Crippen LogP contribution < -0.4 is 17.1 Å². The highest BCUT2D eigenvalue weighted by Crippen LogP contribution is 2.00. The van der Waals surface area contributed by atoms with Gasteiger partial charge in [0, 0.05) is 0 Å². The van der Waals surface area contributed by atoms with E-state index < -0.39 is 17.1 Å². The van der Waals surface area contributed by atoms with Crippen molar-refractivity contribution in [1.82, 2.24) is 13.7 Å². The summed E-state index contributed by atoms with van der Waals surface area (Å²) < 4.78 is 3.20. The van der Waals surface area contributed by atoms with Crippen molar-refractivity contribution in [3.63, 3.8) is 0 Å². The molecule has 132 valence electrons. The standard InChI is InChI=1S/C20H19N3O3/c1-2-13-21-18(24)22(14-16-9-5-3-6-10-16)20(26)23(19(21)25)15-17-11-7-4-8-12-17/h2-12H,1,13-15H2. The zero-order valence-electron chi connectivity index (χ0n) is 14.2. The normalized spacial score (nSPS) is 10.6. The first-order valence-corrected chi connectivity index (χ1v) is 8.25. The molecule has 1 aromatic heterocycles. The Kier molecular flexibility index (Phi) is 5.12. The summed E-state index contributed by atoms with van der Waals surface area (Å²) in [5, 5.41) is 0. The number of rotatable bonds is 6. The van der Waals surface area contributed by atoms with Crippen molar-refractivity contribution in [2.45, 2.75) is 19.6 Å². The molecule has 0 saturated heterocycles. The van der Waals surface area contributed by atoms with Gasteiger partial charge < -0.3 is 0 Å². The first-order chi connectivity index (χ1) is 12.6. The van der Waals surface area contributed by atoms with Crippen molar-refractivity contribution in [2.24, 2.45) is 0 Å². The highest BCUT2D eigenvalue weighted by molar-refractivity contribution is 5.16. The van der Waals surface area contributed by atoms with Gasteiger partial charge in [-0.1, -0.05) is 66.7 Å². The molecule has 0 aliphatic rings. The Balaban J connectivity index is 2.17.